The number of fused-ring (bicyclic) bond motifs is 3. The van der Waals surface area contributed by atoms with Crippen LogP contribution in [0, 0.1) is 17.8 Å². The van der Waals surface area contributed by atoms with Gasteiger partial charge in [-0.1, -0.05) is 57.5 Å². The predicted molar refractivity (Wildman–Crippen MR) is 256 cm³/mol. The summed E-state index contributed by atoms with van der Waals surface area (Å²) in [4.78, 5) is 125. The van der Waals surface area contributed by atoms with Crippen LogP contribution in [-0.2, 0) is 56.2 Å². The number of aliphatic carboxylic acids is 1. The lowest BCUT2D eigenvalue weighted by Gasteiger charge is -2.31. The third-order valence-corrected chi connectivity index (χ3v) is 13.7. The van der Waals surface area contributed by atoms with Crippen molar-refractivity contribution in [2.75, 3.05) is 32.0 Å². The summed E-state index contributed by atoms with van der Waals surface area (Å²) >= 11 is 0.984. The smallest absolute Gasteiger partial charge is 0.327 e. The highest BCUT2D eigenvalue weighted by Gasteiger charge is 2.43. The second-order valence-corrected chi connectivity index (χ2v) is 18.9. The molecule has 1 saturated heterocycles. The van der Waals surface area contributed by atoms with Crippen molar-refractivity contribution in [3.8, 4) is 5.75 Å². The van der Waals surface area contributed by atoms with Crippen molar-refractivity contribution in [1.29, 1.82) is 0 Å². The normalized spacial score (nSPS) is 22.7. The summed E-state index contributed by atoms with van der Waals surface area (Å²) in [5.74, 6) is -11.0. The molecule has 2 aliphatic rings. The molecular weight excluding hydrogens is 947 g/mol. The number of carbonyl (C=O) groups is 9. The number of thioether (sulfide) groups is 1. The molecule has 1 fully saturated rings. The number of benzene rings is 2. The maximum absolute atomic E-state index is 14.7. The molecule has 0 aliphatic carbocycles. The van der Waals surface area contributed by atoms with Crippen LogP contribution >= 0.6 is 11.8 Å². The minimum Gasteiger partial charge on any atom is -0.489 e. The van der Waals surface area contributed by atoms with Crippen molar-refractivity contribution in [1.82, 2.24) is 36.5 Å². The zero-order valence-electron chi connectivity index (χ0n) is 39.6. The van der Waals surface area contributed by atoms with Gasteiger partial charge in [0.05, 0.1) is 61.0 Å². The Morgan fingerprint density at radius 3 is 2.30 bits per heavy atom. The van der Waals surface area contributed by atoms with Gasteiger partial charge in [-0.05, 0) is 35.6 Å². The van der Waals surface area contributed by atoms with Crippen LogP contribution in [0.4, 0.5) is 0 Å². The first-order chi connectivity index (χ1) is 33.7. The van der Waals surface area contributed by atoms with E-state index in [4.69, 9.17) is 16.2 Å². The number of nitrogens with one attached hydrogen (secondary N) is 6. The highest BCUT2D eigenvalue weighted by atomic mass is 32.2. The summed E-state index contributed by atoms with van der Waals surface area (Å²) in [6, 6.07) is 7.27. The number of primary amides is 1. The van der Waals surface area contributed by atoms with E-state index in [0.29, 0.717) is 33.7 Å². The first kappa shape index (κ1) is 55.3. The van der Waals surface area contributed by atoms with Gasteiger partial charge in [0.2, 0.25) is 41.4 Å². The Morgan fingerprint density at radius 2 is 1.65 bits per heavy atom. The van der Waals surface area contributed by atoms with Crippen molar-refractivity contribution in [2.45, 2.75) is 107 Å². The van der Waals surface area contributed by atoms with Crippen molar-refractivity contribution < 1.29 is 68.3 Å². The molecule has 5 rings (SSSR count). The molecule has 10 atom stereocenters. The number of hydrogen-bond acceptors (Lipinski definition) is 15. The number of H-pyrrole nitrogens is 1. The van der Waals surface area contributed by atoms with Gasteiger partial charge in [-0.25, -0.2) is 4.79 Å². The molecular formula is C47H63N9O14S. The summed E-state index contributed by atoms with van der Waals surface area (Å²) in [5.41, 5.74) is 12.9. The van der Waals surface area contributed by atoms with Crippen LogP contribution in [0.1, 0.15) is 57.6 Å². The molecule has 71 heavy (non-hydrogen) atoms. The number of likely N-dealkylation sites (tertiary alicyclic amines) is 1. The summed E-state index contributed by atoms with van der Waals surface area (Å²) in [6.45, 7) is 2.55. The van der Waals surface area contributed by atoms with Crippen LogP contribution in [0.3, 0.4) is 0 Å². The van der Waals surface area contributed by atoms with Crippen molar-refractivity contribution >= 4 is 75.8 Å². The van der Waals surface area contributed by atoms with Gasteiger partial charge in [0.1, 0.15) is 30.5 Å². The molecule has 3 heterocycles. The number of carboxylic acids is 1. The third kappa shape index (κ3) is 15.0. The van der Waals surface area contributed by atoms with Gasteiger partial charge in [0.15, 0.2) is 5.78 Å². The Bertz CT molecular complexity index is 2440. The largest absolute Gasteiger partial charge is 0.489 e. The van der Waals surface area contributed by atoms with E-state index < -0.39 is 146 Å². The summed E-state index contributed by atoms with van der Waals surface area (Å²) in [5, 5.41) is 55.0. The maximum Gasteiger partial charge on any atom is 0.327 e. The number of ether oxygens (including phenoxy) is 1. The molecule has 0 radical (unpaired) electrons. The highest BCUT2D eigenvalue weighted by Crippen LogP contribution is 2.35. The number of amides is 7. The fourth-order valence-corrected chi connectivity index (χ4v) is 9.42. The molecule has 24 heteroatoms. The quantitative estimate of drug-likeness (QED) is 0.0692. The van der Waals surface area contributed by atoms with Crippen LogP contribution in [0.2, 0.25) is 0 Å². The minimum absolute atomic E-state index is 0.220. The molecule has 0 saturated carbocycles. The average Bonchev–Trinajstić information content (AvgIpc) is 3.91. The third-order valence-electron chi connectivity index (χ3n) is 12.6. The van der Waals surface area contributed by atoms with Crippen LogP contribution in [-0.4, -0.2) is 158 Å². The van der Waals surface area contributed by atoms with E-state index in [9.17, 15) is 63.6 Å². The zero-order chi connectivity index (χ0) is 52.1. The number of aromatic nitrogens is 1. The molecule has 2 aliphatic heterocycles. The van der Waals surface area contributed by atoms with E-state index in [2.05, 4.69) is 31.6 Å². The summed E-state index contributed by atoms with van der Waals surface area (Å²) in [7, 11) is 0. The highest BCUT2D eigenvalue weighted by molar-refractivity contribution is 7.99. The number of hydrogen-bond donors (Lipinski definition) is 12. The van der Waals surface area contributed by atoms with E-state index in [-0.39, 0.29) is 31.7 Å². The minimum atomic E-state index is -1.64. The van der Waals surface area contributed by atoms with E-state index in [1.54, 1.807) is 32.0 Å². The number of ketones is 1. The Morgan fingerprint density at radius 1 is 0.972 bits per heavy atom. The standard InChI is InChI=1S/C47H63N9O14S/c1-4-23(2)40-44(66)51-17-38(62)52-33(47(68)69)22-71-45-30(29-11-10-28(15-32(29)53-45)70-21-25-8-6-5-7-9-25)12-26(42(64)50-18-39(63)54-40)13-35(59)41(24(3)36(60)20-57)55-43(65)34-14-27(58)19-56(34)46(67)31(48)16-37(49)61/h5-11,15,23-24,26-27,31,33-34,36,40-41,53,57-58,60H,4,12-14,16-22,48H2,1-3H3,(H2,49,61)(H,50,64)(H,51,66)(H,52,62)(H,54,63)(H,55,65)(H,68,69)/t23-,24-,26+,27+,31-,33-,34-,36-,40-,41-/m0/s1. The molecule has 0 unspecified atom stereocenters. The molecule has 7 amide bonds. The first-order valence-electron chi connectivity index (χ1n) is 23.2. The number of carbonyl (C=O) groups excluding carboxylic acids is 8. The van der Waals surface area contributed by atoms with Gasteiger partial charge in [0.25, 0.3) is 0 Å². The molecule has 386 valence electrons. The van der Waals surface area contributed by atoms with Gasteiger partial charge in [0, 0.05) is 48.4 Å². The van der Waals surface area contributed by atoms with Gasteiger partial charge >= 0.3 is 5.97 Å². The monoisotopic (exact) mass is 1010 g/mol. The molecule has 0 bridgehead atoms. The molecule has 0 spiro atoms. The number of nitrogens with zero attached hydrogens (tertiary/aromatic N) is 1. The average molecular weight is 1010 g/mol. The van der Waals surface area contributed by atoms with Crippen molar-refractivity contribution in [3.05, 3.63) is 59.7 Å². The van der Waals surface area contributed by atoms with Crippen molar-refractivity contribution in [3.63, 3.8) is 0 Å². The molecule has 14 N–H and O–H groups in total. The Hall–Kier alpha value is -6.60. The van der Waals surface area contributed by atoms with Gasteiger partial charge in [-0.3, -0.25) is 38.4 Å². The lowest BCUT2D eigenvalue weighted by atomic mass is 9.85. The van der Waals surface area contributed by atoms with Crippen molar-refractivity contribution in [2.24, 2.45) is 29.2 Å². The molecule has 2 aromatic carbocycles. The van der Waals surface area contributed by atoms with E-state index in [1.165, 1.54) is 6.92 Å². The van der Waals surface area contributed by atoms with Crippen LogP contribution in [0.25, 0.3) is 10.9 Å². The SMILES string of the molecule is CC[C@H](C)[C@@H]1NC(=O)CNC(=O)[C@@H](CC(=O)[C@@H](NC(=O)[C@@H]2C[C@@H](O)CN2C(=O)[C@@H](N)CC(N)=O)[C@@H](C)[C@@H](O)CO)Cc2c([nH]c3cc(OCc4ccccc4)ccc23)SC[C@@H](C(=O)O)NC(=O)CNC1=O. The van der Waals surface area contributed by atoms with Crippen LogP contribution < -0.4 is 42.8 Å². The fourth-order valence-electron chi connectivity index (χ4n) is 8.31. The van der Waals surface area contributed by atoms with Gasteiger partial charge in [-0.2, -0.15) is 0 Å². The Labute approximate surface area is 412 Å². The van der Waals surface area contributed by atoms with E-state index >= 15 is 0 Å². The van der Waals surface area contributed by atoms with Gasteiger partial charge in [-0.15, -0.1) is 11.8 Å². The number of nitrogens with two attached hydrogens (primary N) is 2. The number of aliphatic hydroxyl groups is 3. The predicted octanol–water partition coefficient (Wildman–Crippen LogP) is -2.06. The topological polar surface area (TPSA) is 375 Å². The van der Waals surface area contributed by atoms with E-state index in [0.717, 1.165) is 22.2 Å². The van der Waals surface area contributed by atoms with E-state index in [1.807, 2.05) is 30.3 Å². The lowest BCUT2D eigenvalue weighted by Crippen LogP contribution is -2.57. The lowest BCUT2D eigenvalue weighted by molar-refractivity contribution is -0.142. The summed E-state index contributed by atoms with van der Waals surface area (Å²) < 4.78 is 6.06. The zero-order valence-corrected chi connectivity index (χ0v) is 40.4. The molecule has 3 aromatic rings. The van der Waals surface area contributed by atoms with Gasteiger partial charge < -0.3 is 73.1 Å². The Kier molecular flexibility index (Phi) is 19.9. The number of Topliss-reactive ketones (excluding diaryl/α,β-unsaturated/α-hetero) is 1. The number of rotatable bonds is 17. The fraction of sp³-hybridized carbons (Fsp3) is 0.511. The second-order valence-electron chi connectivity index (χ2n) is 17.9. The number of carboxylic acid groups (broad SMARTS) is 1. The molecule has 1 aromatic heterocycles. The maximum atomic E-state index is 14.7. The molecule has 23 nitrogen and oxygen atoms in total. The number of β-amino-alcohol motifs (C(OH)–C–C–N with tert-alkyl or cyclic N) is 1. The van der Waals surface area contributed by atoms with Crippen LogP contribution in [0.15, 0.2) is 53.6 Å². The first-order valence-corrected chi connectivity index (χ1v) is 24.1. The summed E-state index contributed by atoms with van der Waals surface area (Å²) in [6.07, 6.45) is -4.19. The number of aromatic amines is 1. The second kappa shape index (κ2) is 25.5. The Balaban J connectivity index is 1.55. The van der Waals surface area contributed by atoms with Crippen LogP contribution in [0.5, 0.6) is 5.75 Å². The number of aliphatic hydroxyl groups excluding tert-OH is 3.